The van der Waals surface area contributed by atoms with Crippen LogP contribution >= 0.6 is 11.3 Å². The maximum Gasteiger partial charge on any atom is 0.335 e. The Labute approximate surface area is 171 Å². The van der Waals surface area contributed by atoms with E-state index in [0.29, 0.717) is 11.4 Å². The molecule has 1 saturated heterocycles. The fraction of sp³-hybridized carbons (Fsp3) is 0.136. The molecule has 7 heteroatoms. The number of likely N-dealkylation sites (N-methyl/N-ethyl adjacent to an activating group) is 1. The van der Waals surface area contributed by atoms with E-state index in [1.54, 1.807) is 31.3 Å². The van der Waals surface area contributed by atoms with Crippen molar-refractivity contribution in [2.75, 3.05) is 11.9 Å². The Hall–Kier alpha value is -3.45. The van der Waals surface area contributed by atoms with Gasteiger partial charge in [-0.05, 0) is 46.3 Å². The molecule has 0 spiro atoms. The molecule has 4 rings (SSSR count). The number of carbonyl (C=O) groups is 3. The zero-order valence-electron chi connectivity index (χ0n) is 15.6. The number of hydrogen-bond donors (Lipinski definition) is 1. The van der Waals surface area contributed by atoms with E-state index < -0.39 is 12.0 Å². The molecule has 3 aromatic rings. The maximum absolute atomic E-state index is 12.8. The van der Waals surface area contributed by atoms with Crippen molar-refractivity contribution in [2.24, 2.45) is 0 Å². The highest BCUT2D eigenvalue weighted by molar-refractivity contribution is 7.14. The van der Waals surface area contributed by atoms with Crippen molar-refractivity contribution < 1.29 is 19.5 Å². The highest BCUT2D eigenvalue weighted by Gasteiger charge is 2.44. The molecule has 6 nitrogen and oxygen atoms in total. The lowest BCUT2D eigenvalue weighted by atomic mass is 9.99. The Balaban J connectivity index is 1.53. The van der Waals surface area contributed by atoms with E-state index in [0.717, 1.165) is 16.7 Å². The van der Waals surface area contributed by atoms with E-state index in [1.807, 2.05) is 41.8 Å². The average Bonchev–Trinajstić information content (AvgIpc) is 3.32. The Morgan fingerprint density at radius 3 is 2.45 bits per heavy atom. The van der Waals surface area contributed by atoms with Gasteiger partial charge in [-0.25, -0.2) is 14.5 Å². The molecule has 1 N–H and O–H groups in total. The van der Waals surface area contributed by atoms with Crippen LogP contribution in [0.4, 0.5) is 9.80 Å². The Kier molecular flexibility index (Phi) is 4.90. The van der Waals surface area contributed by atoms with Gasteiger partial charge in [0.1, 0.15) is 11.0 Å². The third-order valence-corrected chi connectivity index (χ3v) is 5.87. The van der Waals surface area contributed by atoms with Gasteiger partial charge in [-0.1, -0.05) is 36.4 Å². The predicted octanol–water partition coefficient (Wildman–Crippen LogP) is 4.12. The van der Waals surface area contributed by atoms with Crippen molar-refractivity contribution in [3.63, 3.8) is 0 Å². The molecular weight excluding hydrogens is 388 g/mol. The molecule has 1 fully saturated rings. The molecule has 0 saturated carbocycles. The van der Waals surface area contributed by atoms with Crippen LogP contribution in [-0.4, -0.2) is 41.0 Å². The minimum Gasteiger partial charge on any atom is -0.478 e. The van der Waals surface area contributed by atoms with Gasteiger partial charge in [0.15, 0.2) is 0 Å². The van der Waals surface area contributed by atoms with E-state index in [2.05, 4.69) is 0 Å². The van der Waals surface area contributed by atoms with Gasteiger partial charge in [0.05, 0.1) is 5.56 Å². The van der Waals surface area contributed by atoms with E-state index >= 15 is 0 Å². The minimum absolute atomic E-state index is 0.224. The molecule has 3 amide bonds. The van der Waals surface area contributed by atoms with Crippen LogP contribution < -0.4 is 4.90 Å². The van der Waals surface area contributed by atoms with Crippen molar-refractivity contribution in [1.82, 2.24) is 4.90 Å². The second-order valence-electron chi connectivity index (χ2n) is 6.82. The first kappa shape index (κ1) is 18.9. The number of rotatable bonds is 5. The second-order valence-corrected chi connectivity index (χ2v) is 7.75. The Morgan fingerprint density at radius 2 is 1.79 bits per heavy atom. The number of carboxylic acid groups (broad SMARTS) is 1. The minimum atomic E-state index is -0.966. The Bertz CT molecular complexity index is 1080. The molecule has 0 aliphatic carbocycles. The van der Waals surface area contributed by atoms with Gasteiger partial charge in [-0.2, -0.15) is 0 Å². The number of carbonyl (C=O) groups excluding carboxylic acids is 2. The molecule has 1 aliphatic heterocycles. The number of anilines is 1. The van der Waals surface area contributed by atoms with Gasteiger partial charge in [-0.3, -0.25) is 4.79 Å². The summed E-state index contributed by atoms with van der Waals surface area (Å²) in [6.45, 7) is 0. The molecule has 2 heterocycles. The largest absolute Gasteiger partial charge is 0.478 e. The van der Waals surface area contributed by atoms with Gasteiger partial charge in [0.2, 0.25) is 0 Å². The standard InChI is InChI=1S/C22H18N2O4S/c1-23-18(20(25)24(22(23)28)19-6-3-11-29-19)12-14-7-9-15(10-8-14)16-4-2-5-17(13-16)21(26)27/h2-11,13,18H,12H2,1H3,(H,26,27). The summed E-state index contributed by atoms with van der Waals surface area (Å²) in [4.78, 5) is 39.2. The van der Waals surface area contributed by atoms with E-state index in [9.17, 15) is 14.4 Å². The van der Waals surface area contributed by atoms with Crippen molar-refractivity contribution in [1.29, 1.82) is 0 Å². The van der Waals surface area contributed by atoms with Crippen LogP contribution in [-0.2, 0) is 11.2 Å². The number of hydrogen-bond acceptors (Lipinski definition) is 4. The average molecular weight is 406 g/mol. The summed E-state index contributed by atoms with van der Waals surface area (Å²) in [6.07, 6.45) is 0.415. The van der Waals surface area contributed by atoms with Crippen LogP contribution in [0.2, 0.25) is 0 Å². The van der Waals surface area contributed by atoms with Crippen LogP contribution in [0.3, 0.4) is 0 Å². The molecule has 1 atom stereocenters. The number of aromatic carboxylic acids is 1. The fourth-order valence-electron chi connectivity index (χ4n) is 3.41. The fourth-order valence-corrected chi connectivity index (χ4v) is 4.14. The molecule has 146 valence electrons. The van der Waals surface area contributed by atoms with Crippen molar-refractivity contribution in [2.45, 2.75) is 12.5 Å². The number of nitrogens with zero attached hydrogens (tertiary/aromatic N) is 2. The van der Waals surface area contributed by atoms with Crippen LogP contribution in [0.5, 0.6) is 0 Å². The van der Waals surface area contributed by atoms with Crippen molar-refractivity contribution >= 4 is 34.2 Å². The molecule has 29 heavy (non-hydrogen) atoms. The molecule has 0 bridgehead atoms. The first-order chi connectivity index (χ1) is 14.0. The van der Waals surface area contributed by atoms with Gasteiger partial charge in [-0.15, -0.1) is 11.3 Å². The molecule has 1 aliphatic rings. The summed E-state index contributed by atoms with van der Waals surface area (Å²) in [5.74, 6) is -1.19. The van der Waals surface area contributed by atoms with Gasteiger partial charge in [0.25, 0.3) is 5.91 Å². The van der Waals surface area contributed by atoms with Gasteiger partial charge in [0, 0.05) is 13.5 Å². The number of benzene rings is 2. The highest BCUT2D eigenvalue weighted by atomic mass is 32.1. The van der Waals surface area contributed by atoms with Crippen molar-refractivity contribution in [3.8, 4) is 11.1 Å². The first-order valence-electron chi connectivity index (χ1n) is 9.02. The summed E-state index contributed by atoms with van der Waals surface area (Å²) in [5.41, 5.74) is 2.86. The SMILES string of the molecule is CN1C(=O)N(c2cccs2)C(=O)C1Cc1ccc(-c2cccc(C(=O)O)c2)cc1. The zero-order valence-corrected chi connectivity index (χ0v) is 16.4. The number of urea groups is 1. The molecular formula is C22H18N2O4S. The summed E-state index contributed by atoms with van der Waals surface area (Å²) in [7, 11) is 1.64. The molecule has 1 aromatic heterocycles. The van der Waals surface area contributed by atoms with Gasteiger partial charge < -0.3 is 10.0 Å². The number of thiophene rings is 1. The van der Waals surface area contributed by atoms with Gasteiger partial charge >= 0.3 is 12.0 Å². The maximum atomic E-state index is 12.8. The highest BCUT2D eigenvalue weighted by Crippen LogP contribution is 2.30. The van der Waals surface area contributed by atoms with Crippen LogP contribution in [0.25, 0.3) is 11.1 Å². The summed E-state index contributed by atoms with van der Waals surface area (Å²) < 4.78 is 0. The summed E-state index contributed by atoms with van der Waals surface area (Å²) in [5, 5.41) is 11.6. The number of amides is 3. The zero-order chi connectivity index (χ0) is 20.5. The second kappa shape index (κ2) is 7.52. The third kappa shape index (κ3) is 3.52. The van der Waals surface area contributed by atoms with E-state index in [1.165, 1.54) is 21.1 Å². The lowest BCUT2D eigenvalue weighted by molar-refractivity contribution is -0.119. The lowest BCUT2D eigenvalue weighted by Crippen LogP contribution is -2.33. The number of imide groups is 1. The lowest BCUT2D eigenvalue weighted by Gasteiger charge is -2.16. The number of carboxylic acids is 1. The Morgan fingerprint density at radius 1 is 1.03 bits per heavy atom. The quantitative estimate of drug-likeness (QED) is 0.647. The summed E-state index contributed by atoms with van der Waals surface area (Å²) >= 11 is 1.36. The van der Waals surface area contributed by atoms with E-state index in [4.69, 9.17) is 5.11 Å². The van der Waals surface area contributed by atoms with Crippen LogP contribution in [0.15, 0.2) is 66.0 Å². The molecule has 1 unspecified atom stereocenters. The van der Waals surface area contributed by atoms with Crippen LogP contribution in [0.1, 0.15) is 15.9 Å². The van der Waals surface area contributed by atoms with Crippen molar-refractivity contribution in [3.05, 3.63) is 77.2 Å². The smallest absolute Gasteiger partial charge is 0.335 e. The summed E-state index contributed by atoms with van der Waals surface area (Å²) in [6, 6.07) is 17.1. The molecule has 0 radical (unpaired) electrons. The molecule has 2 aromatic carbocycles. The normalized spacial score (nSPS) is 16.5. The monoisotopic (exact) mass is 406 g/mol. The van der Waals surface area contributed by atoms with E-state index in [-0.39, 0.29) is 17.5 Å². The predicted molar refractivity (Wildman–Crippen MR) is 111 cm³/mol. The van der Waals surface area contributed by atoms with Crippen LogP contribution in [0, 0.1) is 0 Å². The topological polar surface area (TPSA) is 77.9 Å². The third-order valence-electron chi connectivity index (χ3n) is 5.02. The first-order valence-corrected chi connectivity index (χ1v) is 9.90.